The maximum atomic E-state index is 13.0. The van der Waals surface area contributed by atoms with Crippen LogP contribution in [0.4, 0.5) is 0 Å². The van der Waals surface area contributed by atoms with Gasteiger partial charge in [0.1, 0.15) is 11.6 Å². The highest BCUT2D eigenvalue weighted by molar-refractivity contribution is 6.15. The summed E-state index contributed by atoms with van der Waals surface area (Å²) in [6.45, 7) is 0. The molecule has 4 aromatic rings. The molecule has 6 nitrogen and oxygen atoms in total. The minimum absolute atomic E-state index is 0.0454. The summed E-state index contributed by atoms with van der Waals surface area (Å²) in [7, 11) is 1.38. The summed E-state index contributed by atoms with van der Waals surface area (Å²) in [4.78, 5) is 44.1. The van der Waals surface area contributed by atoms with Gasteiger partial charge in [-0.05, 0) is 29.2 Å². The van der Waals surface area contributed by atoms with Gasteiger partial charge in [0.25, 0.3) is 0 Å². The third-order valence-electron chi connectivity index (χ3n) is 6.33. The van der Waals surface area contributed by atoms with E-state index < -0.39 is 11.8 Å². The first-order valence-electron chi connectivity index (χ1n) is 10.4. The molecule has 0 radical (unpaired) electrons. The molecule has 6 heteroatoms. The molecule has 2 aromatic heterocycles. The Morgan fingerprint density at radius 2 is 1.61 bits per heavy atom. The molecule has 5 rings (SSSR count). The van der Waals surface area contributed by atoms with Crippen LogP contribution < -0.4 is 0 Å². The predicted molar refractivity (Wildman–Crippen MR) is 117 cm³/mol. The van der Waals surface area contributed by atoms with Gasteiger partial charge in [-0.1, -0.05) is 36.4 Å². The first kappa shape index (κ1) is 19.3. The zero-order valence-corrected chi connectivity index (χ0v) is 17.1. The second-order valence-electron chi connectivity index (χ2n) is 8.01. The maximum Gasteiger partial charge on any atom is 0.305 e. The summed E-state index contributed by atoms with van der Waals surface area (Å²) in [5.41, 5.74) is 4.53. The van der Waals surface area contributed by atoms with Crippen molar-refractivity contribution in [3.8, 4) is 0 Å². The largest absolute Gasteiger partial charge is 0.469 e. The fraction of sp³-hybridized carbons (Fsp3) is 0.240. The third kappa shape index (κ3) is 3.15. The molecule has 2 heterocycles. The van der Waals surface area contributed by atoms with Crippen LogP contribution >= 0.6 is 0 Å². The molecule has 0 unspecified atom stereocenters. The molecular formula is C25H22N2O4. The second-order valence-corrected chi connectivity index (χ2v) is 8.01. The van der Waals surface area contributed by atoms with Crippen LogP contribution in [0.2, 0.25) is 0 Å². The van der Waals surface area contributed by atoms with Crippen LogP contribution in [0, 0.1) is 0 Å². The van der Waals surface area contributed by atoms with Crippen molar-refractivity contribution in [1.29, 1.82) is 0 Å². The van der Waals surface area contributed by atoms with Gasteiger partial charge in [0.05, 0.1) is 25.4 Å². The topological polar surface area (TPSA) is 92.0 Å². The molecule has 0 bridgehead atoms. The summed E-state index contributed by atoms with van der Waals surface area (Å²) in [5.74, 6) is -1.41. The Morgan fingerprint density at radius 1 is 0.935 bits per heavy atom. The maximum absolute atomic E-state index is 13.0. The standard InChI is InChI=1S/C25H22N2O4/c1-31-22(30)10-9-14-5-4-7-16-18(13-27-25(14)16)24-21(29)11-20(28)23(24)17-12-26-19-8-3-2-6-15(17)19/h2-8,12-13,23-24,26-27H,9-11H2,1H3/t23-,24-/m1/s1. The fourth-order valence-electron chi connectivity index (χ4n) is 4.86. The van der Waals surface area contributed by atoms with E-state index in [1.54, 1.807) is 0 Å². The highest BCUT2D eigenvalue weighted by Crippen LogP contribution is 2.45. The van der Waals surface area contributed by atoms with Crippen LogP contribution in [0.3, 0.4) is 0 Å². The smallest absolute Gasteiger partial charge is 0.305 e. The van der Waals surface area contributed by atoms with E-state index in [9.17, 15) is 14.4 Å². The Balaban J connectivity index is 1.59. The number of H-pyrrole nitrogens is 2. The molecule has 0 saturated heterocycles. The first-order valence-corrected chi connectivity index (χ1v) is 10.4. The van der Waals surface area contributed by atoms with E-state index in [1.165, 1.54) is 7.11 Å². The Labute approximate surface area is 178 Å². The number of para-hydroxylation sites is 2. The van der Waals surface area contributed by atoms with E-state index in [1.807, 2.05) is 54.9 Å². The average molecular weight is 414 g/mol. The van der Waals surface area contributed by atoms with E-state index in [-0.39, 0.29) is 30.4 Å². The number of carbonyl (C=O) groups excluding carboxylic acids is 3. The number of benzene rings is 2. The molecule has 0 aliphatic heterocycles. The van der Waals surface area contributed by atoms with Gasteiger partial charge in [0, 0.05) is 40.6 Å². The molecule has 156 valence electrons. The van der Waals surface area contributed by atoms with E-state index in [4.69, 9.17) is 4.74 Å². The van der Waals surface area contributed by atoms with Crippen LogP contribution in [-0.2, 0) is 25.5 Å². The molecule has 2 atom stereocenters. The molecule has 1 fully saturated rings. The molecule has 1 aliphatic carbocycles. The number of aromatic amines is 2. The lowest BCUT2D eigenvalue weighted by Crippen LogP contribution is -2.13. The Bertz CT molecular complexity index is 1330. The number of esters is 1. The van der Waals surface area contributed by atoms with Gasteiger partial charge in [-0.2, -0.15) is 0 Å². The summed E-state index contributed by atoms with van der Waals surface area (Å²) in [6, 6.07) is 13.7. The lowest BCUT2D eigenvalue weighted by molar-refractivity contribution is -0.140. The second kappa shape index (κ2) is 7.54. The van der Waals surface area contributed by atoms with E-state index in [2.05, 4.69) is 9.97 Å². The zero-order chi connectivity index (χ0) is 21.5. The number of rotatable bonds is 5. The van der Waals surface area contributed by atoms with E-state index >= 15 is 0 Å². The van der Waals surface area contributed by atoms with Gasteiger partial charge in [0.2, 0.25) is 0 Å². The molecule has 31 heavy (non-hydrogen) atoms. The number of hydrogen-bond donors (Lipinski definition) is 2. The van der Waals surface area contributed by atoms with Gasteiger partial charge >= 0.3 is 5.97 Å². The molecule has 0 spiro atoms. The number of hydrogen-bond acceptors (Lipinski definition) is 4. The lowest BCUT2D eigenvalue weighted by atomic mass is 9.83. The number of aromatic nitrogens is 2. The molecular weight excluding hydrogens is 392 g/mol. The zero-order valence-electron chi connectivity index (χ0n) is 17.1. The Kier molecular flexibility index (Phi) is 4.70. The van der Waals surface area contributed by atoms with Gasteiger partial charge in [0.15, 0.2) is 0 Å². The quantitative estimate of drug-likeness (QED) is 0.379. The summed E-state index contributed by atoms with van der Waals surface area (Å²) in [5, 5.41) is 1.89. The Hall–Kier alpha value is -3.67. The van der Waals surface area contributed by atoms with Crippen molar-refractivity contribution in [3.05, 3.63) is 71.5 Å². The van der Waals surface area contributed by atoms with Crippen LogP contribution in [0.5, 0.6) is 0 Å². The van der Waals surface area contributed by atoms with Crippen LogP contribution in [-0.4, -0.2) is 34.6 Å². The van der Waals surface area contributed by atoms with Gasteiger partial charge in [-0.3, -0.25) is 14.4 Å². The number of ketones is 2. The van der Waals surface area contributed by atoms with E-state index in [0.29, 0.717) is 6.42 Å². The van der Waals surface area contributed by atoms with E-state index in [0.717, 1.165) is 38.5 Å². The average Bonchev–Trinajstić information content (AvgIpc) is 3.46. The number of methoxy groups -OCH3 is 1. The van der Waals surface area contributed by atoms with Crippen LogP contribution in [0.1, 0.15) is 41.4 Å². The van der Waals surface area contributed by atoms with Crippen LogP contribution in [0.15, 0.2) is 54.9 Å². The Morgan fingerprint density at radius 3 is 2.39 bits per heavy atom. The first-order chi connectivity index (χ1) is 15.1. The molecule has 2 aromatic carbocycles. The van der Waals surface area contributed by atoms with Crippen molar-refractivity contribution >= 4 is 39.3 Å². The SMILES string of the molecule is COC(=O)CCc1cccc2c([C@@H]3C(=O)CC(=O)[C@H]3c3c[nH]c4ccccc34)c[nH]c12. The summed E-state index contributed by atoms with van der Waals surface area (Å²) in [6.07, 6.45) is 4.46. The normalized spacial score (nSPS) is 18.9. The van der Waals surface area contributed by atoms with Gasteiger partial charge in [-0.15, -0.1) is 0 Å². The number of carbonyl (C=O) groups is 3. The van der Waals surface area contributed by atoms with Crippen molar-refractivity contribution in [1.82, 2.24) is 9.97 Å². The number of ether oxygens (including phenoxy) is 1. The summed E-state index contributed by atoms with van der Waals surface area (Å²) < 4.78 is 4.75. The highest BCUT2D eigenvalue weighted by atomic mass is 16.5. The predicted octanol–water partition coefficient (Wildman–Crippen LogP) is 4.16. The molecule has 1 aliphatic rings. The number of fused-ring (bicyclic) bond motifs is 2. The number of Topliss-reactive ketones (excluding diaryl/α,β-unsaturated/α-hetero) is 2. The van der Waals surface area contributed by atoms with Crippen molar-refractivity contribution in [2.45, 2.75) is 31.1 Å². The minimum atomic E-state index is -0.531. The van der Waals surface area contributed by atoms with Crippen molar-refractivity contribution in [2.75, 3.05) is 7.11 Å². The fourth-order valence-corrected chi connectivity index (χ4v) is 4.86. The molecule has 2 N–H and O–H groups in total. The van der Waals surface area contributed by atoms with Crippen molar-refractivity contribution < 1.29 is 19.1 Å². The molecule has 1 saturated carbocycles. The monoisotopic (exact) mass is 414 g/mol. The van der Waals surface area contributed by atoms with Crippen molar-refractivity contribution in [2.24, 2.45) is 0 Å². The third-order valence-corrected chi connectivity index (χ3v) is 6.33. The van der Waals surface area contributed by atoms with Crippen LogP contribution in [0.25, 0.3) is 21.8 Å². The minimum Gasteiger partial charge on any atom is -0.469 e. The highest BCUT2D eigenvalue weighted by Gasteiger charge is 2.45. The van der Waals surface area contributed by atoms with Gasteiger partial charge < -0.3 is 14.7 Å². The van der Waals surface area contributed by atoms with Crippen molar-refractivity contribution in [3.63, 3.8) is 0 Å². The lowest BCUT2D eigenvalue weighted by Gasteiger charge is -2.17. The van der Waals surface area contributed by atoms with Gasteiger partial charge in [-0.25, -0.2) is 0 Å². The molecule has 0 amide bonds. The number of aryl methyl sites for hydroxylation is 1. The summed E-state index contributed by atoms with van der Waals surface area (Å²) >= 11 is 0. The number of nitrogens with one attached hydrogen (secondary N) is 2.